The minimum Gasteiger partial charge on any atom is -0.493 e. The summed E-state index contributed by atoms with van der Waals surface area (Å²) in [7, 11) is 3.17. The van der Waals surface area contributed by atoms with Crippen LogP contribution in [0.25, 0.3) is 0 Å². The minimum absolute atomic E-state index is 0.410. The average molecular weight is 354 g/mol. The first-order valence-electron chi connectivity index (χ1n) is 6.64. The molecule has 3 rings (SSSR count). The second kappa shape index (κ2) is 5.65. The van der Waals surface area contributed by atoms with Crippen molar-refractivity contribution in [1.29, 1.82) is 0 Å². The molecule has 7 heteroatoms. The summed E-state index contributed by atoms with van der Waals surface area (Å²) in [4.78, 5) is 4.39. The third-order valence-corrected chi connectivity index (χ3v) is 4.19. The van der Waals surface area contributed by atoms with Crippen LogP contribution in [0.5, 0.6) is 11.5 Å². The van der Waals surface area contributed by atoms with E-state index >= 15 is 0 Å². The van der Waals surface area contributed by atoms with Crippen molar-refractivity contribution in [2.24, 2.45) is 5.73 Å². The van der Waals surface area contributed by atoms with Crippen molar-refractivity contribution in [3.05, 3.63) is 33.9 Å². The fourth-order valence-corrected chi connectivity index (χ4v) is 2.69. The molecule has 1 unspecified atom stereocenters. The molecule has 2 N–H and O–H groups in total. The molecule has 112 valence electrons. The van der Waals surface area contributed by atoms with Crippen molar-refractivity contribution in [2.75, 3.05) is 14.2 Å². The highest BCUT2D eigenvalue weighted by Crippen LogP contribution is 2.40. The fourth-order valence-electron chi connectivity index (χ4n) is 2.12. The molecular weight excluding hydrogens is 338 g/mol. The monoisotopic (exact) mass is 353 g/mol. The lowest BCUT2D eigenvalue weighted by atomic mass is 10.1. The van der Waals surface area contributed by atoms with Crippen LogP contribution in [-0.4, -0.2) is 24.4 Å². The normalized spacial score (nSPS) is 15.8. The van der Waals surface area contributed by atoms with E-state index in [0.717, 1.165) is 22.9 Å². The molecule has 1 aliphatic rings. The van der Waals surface area contributed by atoms with Crippen LogP contribution < -0.4 is 15.2 Å². The van der Waals surface area contributed by atoms with Crippen LogP contribution in [0, 0.1) is 0 Å². The Kier molecular flexibility index (Phi) is 3.86. The summed E-state index contributed by atoms with van der Waals surface area (Å²) in [5.41, 5.74) is 7.07. The van der Waals surface area contributed by atoms with Crippen LogP contribution in [0.15, 0.2) is 21.1 Å². The van der Waals surface area contributed by atoms with Crippen LogP contribution in [-0.2, 0) is 0 Å². The van der Waals surface area contributed by atoms with E-state index in [0.29, 0.717) is 29.1 Å². The second-order valence-corrected chi connectivity index (χ2v) is 5.83. The van der Waals surface area contributed by atoms with Crippen molar-refractivity contribution in [2.45, 2.75) is 24.8 Å². The molecule has 0 aliphatic heterocycles. The Hall–Kier alpha value is -1.60. The zero-order valence-corrected chi connectivity index (χ0v) is 13.4. The molecule has 1 saturated carbocycles. The van der Waals surface area contributed by atoms with Gasteiger partial charge in [0.2, 0.25) is 5.89 Å². The van der Waals surface area contributed by atoms with E-state index in [1.165, 1.54) is 0 Å². The zero-order chi connectivity index (χ0) is 15.0. The first-order valence-corrected chi connectivity index (χ1v) is 7.43. The van der Waals surface area contributed by atoms with Gasteiger partial charge in [-0.2, -0.15) is 4.98 Å². The Morgan fingerprint density at radius 3 is 2.57 bits per heavy atom. The lowest BCUT2D eigenvalue weighted by molar-refractivity contribution is 0.353. The Bertz CT molecular complexity index is 655. The highest BCUT2D eigenvalue weighted by atomic mass is 79.9. The Balaban J connectivity index is 1.93. The average Bonchev–Trinajstić information content (AvgIpc) is 3.23. The maximum atomic E-state index is 6.25. The molecule has 0 spiro atoms. The Morgan fingerprint density at radius 1 is 1.29 bits per heavy atom. The third-order valence-electron chi connectivity index (χ3n) is 3.50. The summed E-state index contributed by atoms with van der Waals surface area (Å²) >= 11 is 3.50. The number of nitrogens with two attached hydrogens (primary N) is 1. The number of benzene rings is 1. The molecule has 1 fully saturated rings. The number of aromatic nitrogens is 2. The van der Waals surface area contributed by atoms with Gasteiger partial charge in [-0.3, -0.25) is 0 Å². The molecule has 6 nitrogen and oxygen atoms in total. The van der Waals surface area contributed by atoms with E-state index in [9.17, 15) is 0 Å². The van der Waals surface area contributed by atoms with E-state index < -0.39 is 6.04 Å². The number of ether oxygens (including phenoxy) is 2. The van der Waals surface area contributed by atoms with E-state index in [2.05, 4.69) is 26.1 Å². The van der Waals surface area contributed by atoms with Crippen LogP contribution in [0.4, 0.5) is 0 Å². The molecular formula is C14H16BrN3O3. The lowest BCUT2D eigenvalue weighted by Crippen LogP contribution is -2.14. The summed E-state index contributed by atoms with van der Waals surface area (Å²) in [6.45, 7) is 0. The topological polar surface area (TPSA) is 83.4 Å². The zero-order valence-electron chi connectivity index (χ0n) is 11.8. The van der Waals surface area contributed by atoms with Gasteiger partial charge in [0.25, 0.3) is 0 Å². The van der Waals surface area contributed by atoms with Crippen molar-refractivity contribution in [3.63, 3.8) is 0 Å². The molecule has 1 atom stereocenters. The highest BCUT2D eigenvalue weighted by Gasteiger charge is 2.31. The predicted molar refractivity (Wildman–Crippen MR) is 79.5 cm³/mol. The summed E-state index contributed by atoms with van der Waals surface area (Å²) in [5.74, 6) is 2.80. The van der Waals surface area contributed by atoms with Crippen LogP contribution in [0.1, 0.15) is 42.1 Å². The van der Waals surface area contributed by atoms with Gasteiger partial charge >= 0.3 is 0 Å². The number of halogens is 1. The molecule has 1 aromatic carbocycles. The minimum atomic E-state index is -0.490. The van der Waals surface area contributed by atoms with E-state index in [-0.39, 0.29) is 0 Å². The van der Waals surface area contributed by atoms with Gasteiger partial charge in [0.15, 0.2) is 17.3 Å². The number of hydrogen-bond donors (Lipinski definition) is 1. The first kappa shape index (κ1) is 14.3. The molecule has 1 heterocycles. The van der Waals surface area contributed by atoms with E-state index in [1.54, 1.807) is 14.2 Å². The van der Waals surface area contributed by atoms with Gasteiger partial charge in [-0.25, -0.2) is 0 Å². The fraction of sp³-hybridized carbons (Fsp3) is 0.429. The van der Waals surface area contributed by atoms with Gasteiger partial charge in [-0.15, -0.1) is 0 Å². The summed E-state index contributed by atoms with van der Waals surface area (Å²) in [6, 6.07) is 3.15. The summed E-state index contributed by atoms with van der Waals surface area (Å²) in [6.07, 6.45) is 2.22. The third kappa shape index (κ3) is 2.75. The molecule has 0 radical (unpaired) electrons. The number of nitrogens with zero attached hydrogens (tertiary/aromatic N) is 2. The maximum Gasteiger partial charge on any atom is 0.229 e. The van der Waals surface area contributed by atoms with Crippen LogP contribution in [0.3, 0.4) is 0 Å². The first-order chi connectivity index (χ1) is 10.1. The van der Waals surface area contributed by atoms with Gasteiger partial charge in [-0.05, 0) is 30.5 Å². The van der Waals surface area contributed by atoms with E-state index in [1.807, 2.05) is 12.1 Å². The van der Waals surface area contributed by atoms with Gasteiger partial charge in [0.1, 0.15) is 0 Å². The molecule has 1 aliphatic carbocycles. The molecule has 0 saturated heterocycles. The summed E-state index contributed by atoms with van der Waals surface area (Å²) in [5, 5.41) is 3.99. The molecule has 21 heavy (non-hydrogen) atoms. The second-order valence-electron chi connectivity index (χ2n) is 4.97. The highest BCUT2D eigenvalue weighted by molar-refractivity contribution is 9.10. The molecule has 2 aromatic rings. The van der Waals surface area contributed by atoms with Crippen molar-refractivity contribution in [1.82, 2.24) is 10.1 Å². The molecule has 0 bridgehead atoms. The van der Waals surface area contributed by atoms with Crippen molar-refractivity contribution < 1.29 is 14.0 Å². The number of rotatable bonds is 5. The van der Waals surface area contributed by atoms with E-state index in [4.69, 9.17) is 19.7 Å². The van der Waals surface area contributed by atoms with Gasteiger partial charge < -0.3 is 19.7 Å². The number of methoxy groups -OCH3 is 2. The van der Waals surface area contributed by atoms with Gasteiger partial charge in [-0.1, -0.05) is 21.1 Å². The Morgan fingerprint density at radius 2 is 1.95 bits per heavy atom. The van der Waals surface area contributed by atoms with Gasteiger partial charge in [0.05, 0.1) is 20.3 Å². The quantitative estimate of drug-likeness (QED) is 0.889. The number of hydrogen-bond acceptors (Lipinski definition) is 6. The lowest BCUT2D eigenvalue weighted by Gasteiger charge is -2.14. The van der Waals surface area contributed by atoms with Crippen LogP contribution in [0.2, 0.25) is 0 Å². The standard InChI is InChI=1S/C14H16BrN3O3/c1-19-10-5-8(9(15)6-11(10)20-2)12(16)13-17-14(21-18-13)7-3-4-7/h5-7,12H,3-4,16H2,1-2H3. The van der Waals surface area contributed by atoms with Gasteiger partial charge in [0, 0.05) is 10.4 Å². The predicted octanol–water partition coefficient (Wildman–Crippen LogP) is 2.77. The smallest absolute Gasteiger partial charge is 0.229 e. The molecule has 1 aromatic heterocycles. The maximum absolute atomic E-state index is 6.25. The SMILES string of the molecule is COc1cc(Br)c(C(N)c2noc(C3CC3)n2)cc1OC. The Labute approximate surface area is 130 Å². The largest absolute Gasteiger partial charge is 0.493 e. The molecule has 0 amide bonds. The van der Waals surface area contributed by atoms with Crippen LogP contribution >= 0.6 is 15.9 Å². The van der Waals surface area contributed by atoms with Crippen molar-refractivity contribution >= 4 is 15.9 Å². The summed E-state index contributed by atoms with van der Waals surface area (Å²) < 4.78 is 16.6. The van der Waals surface area contributed by atoms with Crippen molar-refractivity contribution in [3.8, 4) is 11.5 Å².